The zero-order valence-corrected chi connectivity index (χ0v) is 10.1. The highest BCUT2D eigenvalue weighted by molar-refractivity contribution is 5.91. The molecule has 0 radical (unpaired) electrons. The number of hydrogen-bond acceptors (Lipinski definition) is 4. The van der Waals surface area contributed by atoms with E-state index >= 15 is 0 Å². The summed E-state index contributed by atoms with van der Waals surface area (Å²) in [5.41, 5.74) is 1.82. The standard InChI is InChI=1S/C12H15NO4/c1-4-17-12(15)13-10-6-5-9(7-8(10)2)11(14)16-3/h5-7H,4H2,1-3H3,(H,13,15). The fraction of sp³-hybridized carbons (Fsp3) is 0.333. The lowest BCUT2D eigenvalue weighted by Gasteiger charge is -2.09. The molecule has 1 aromatic carbocycles. The average molecular weight is 237 g/mol. The number of hydrogen-bond donors (Lipinski definition) is 1. The summed E-state index contributed by atoms with van der Waals surface area (Å²) >= 11 is 0. The Morgan fingerprint density at radius 2 is 2.06 bits per heavy atom. The Bertz CT molecular complexity index is 429. The smallest absolute Gasteiger partial charge is 0.411 e. The molecule has 0 fully saturated rings. The SMILES string of the molecule is CCOC(=O)Nc1ccc(C(=O)OC)cc1C. The lowest BCUT2D eigenvalue weighted by molar-refractivity contribution is 0.0600. The number of anilines is 1. The van der Waals surface area contributed by atoms with Crippen LogP contribution in [0.4, 0.5) is 10.5 Å². The summed E-state index contributed by atoms with van der Waals surface area (Å²) in [7, 11) is 1.32. The molecule has 0 heterocycles. The van der Waals surface area contributed by atoms with Crippen molar-refractivity contribution in [1.82, 2.24) is 0 Å². The first-order valence-electron chi connectivity index (χ1n) is 5.21. The zero-order chi connectivity index (χ0) is 12.8. The quantitative estimate of drug-likeness (QED) is 0.819. The molecule has 1 N–H and O–H groups in total. The van der Waals surface area contributed by atoms with Crippen molar-refractivity contribution in [2.24, 2.45) is 0 Å². The van der Waals surface area contributed by atoms with E-state index in [0.717, 1.165) is 5.56 Å². The third kappa shape index (κ3) is 3.48. The lowest BCUT2D eigenvalue weighted by Crippen LogP contribution is -2.14. The van der Waals surface area contributed by atoms with E-state index in [0.29, 0.717) is 17.9 Å². The van der Waals surface area contributed by atoms with Crippen molar-refractivity contribution in [2.75, 3.05) is 19.0 Å². The molecule has 1 amide bonds. The molecule has 0 aromatic heterocycles. The second kappa shape index (κ2) is 5.89. The van der Waals surface area contributed by atoms with Crippen LogP contribution in [-0.4, -0.2) is 25.8 Å². The molecule has 0 bridgehead atoms. The van der Waals surface area contributed by atoms with Gasteiger partial charge in [0.15, 0.2) is 0 Å². The molecule has 0 atom stereocenters. The van der Waals surface area contributed by atoms with E-state index in [1.54, 1.807) is 32.0 Å². The summed E-state index contributed by atoms with van der Waals surface area (Å²) in [6.07, 6.45) is -0.513. The molecular formula is C12H15NO4. The van der Waals surface area contributed by atoms with Gasteiger partial charge in [0.05, 0.1) is 19.3 Å². The van der Waals surface area contributed by atoms with Crippen LogP contribution in [0, 0.1) is 6.92 Å². The van der Waals surface area contributed by atoms with Gasteiger partial charge in [-0.2, -0.15) is 0 Å². The molecule has 0 aliphatic rings. The van der Waals surface area contributed by atoms with Crippen molar-refractivity contribution < 1.29 is 19.1 Å². The van der Waals surface area contributed by atoms with Crippen molar-refractivity contribution in [1.29, 1.82) is 0 Å². The van der Waals surface area contributed by atoms with Crippen molar-refractivity contribution in [3.63, 3.8) is 0 Å². The molecule has 0 saturated heterocycles. The minimum atomic E-state index is -0.513. The second-order valence-electron chi connectivity index (χ2n) is 3.37. The van der Waals surface area contributed by atoms with Crippen molar-refractivity contribution in [3.05, 3.63) is 29.3 Å². The molecule has 5 heteroatoms. The Hall–Kier alpha value is -2.04. The number of nitrogens with one attached hydrogen (secondary N) is 1. The van der Waals surface area contributed by atoms with Crippen LogP contribution >= 0.6 is 0 Å². The summed E-state index contributed by atoms with van der Waals surface area (Å²) in [6, 6.07) is 4.87. The Kier molecular flexibility index (Phi) is 4.51. The third-order valence-electron chi connectivity index (χ3n) is 2.16. The number of methoxy groups -OCH3 is 1. The number of esters is 1. The van der Waals surface area contributed by atoms with Crippen LogP contribution in [0.1, 0.15) is 22.8 Å². The van der Waals surface area contributed by atoms with Gasteiger partial charge in [-0.15, -0.1) is 0 Å². The number of rotatable bonds is 3. The number of amides is 1. The van der Waals surface area contributed by atoms with Gasteiger partial charge in [-0.3, -0.25) is 5.32 Å². The highest BCUT2D eigenvalue weighted by atomic mass is 16.5. The van der Waals surface area contributed by atoms with Gasteiger partial charge in [-0.05, 0) is 37.6 Å². The van der Waals surface area contributed by atoms with Crippen LogP contribution in [0.3, 0.4) is 0 Å². The van der Waals surface area contributed by atoms with E-state index in [2.05, 4.69) is 10.1 Å². The summed E-state index contributed by atoms with van der Waals surface area (Å²) < 4.78 is 9.36. The van der Waals surface area contributed by atoms with Gasteiger partial charge >= 0.3 is 12.1 Å². The minimum absolute atomic E-state index is 0.311. The van der Waals surface area contributed by atoms with E-state index in [4.69, 9.17) is 4.74 Å². The van der Waals surface area contributed by atoms with Crippen LogP contribution in [0.15, 0.2) is 18.2 Å². The first-order valence-corrected chi connectivity index (χ1v) is 5.21. The van der Waals surface area contributed by atoms with Gasteiger partial charge in [0.25, 0.3) is 0 Å². The number of benzene rings is 1. The maximum absolute atomic E-state index is 11.3. The minimum Gasteiger partial charge on any atom is -0.465 e. The zero-order valence-electron chi connectivity index (χ0n) is 10.1. The van der Waals surface area contributed by atoms with Crippen LogP contribution in [0.2, 0.25) is 0 Å². The number of aryl methyl sites for hydroxylation is 1. The first kappa shape index (κ1) is 13.0. The van der Waals surface area contributed by atoms with E-state index < -0.39 is 12.1 Å². The maximum Gasteiger partial charge on any atom is 0.411 e. The molecule has 0 aliphatic carbocycles. The number of carbonyl (C=O) groups excluding carboxylic acids is 2. The van der Waals surface area contributed by atoms with Crippen molar-refractivity contribution in [3.8, 4) is 0 Å². The molecule has 0 saturated carbocycles. The molecule has 5 nitrogen and oxygen atoms in total. The largest absolute Gasteiger partial charge is 0.465 e. The Morgan fingerprint density at radius 1 is 1.35 bits per heavy atom. The highest BCUT2D eigenvalue weighted by Crippen LogP contribution is 2.17. The maximum atomic E-state index is 11.3. The van der Waals surface area contributed by atoms with Crippen LogP contribution in [0.5, 0.6) is 0 Å². The van der Waals surface area contributed by atoms with Gasteiger partial charge < -0.3 is 9.47 Å². The van der Waals surface area contributed by atoms with Gasteiger partial charge in [-0.1, -0.05) is 0 Å². The predicted octanol–water partition coefficient (Wildman–Crippen LogP) is 2.35. The molecule has 0 aliphatic heterocycles. The fourth-order valence-electron chi connectivity index (χ4n) is 1.33. The Balaban J connectivity index is 2.83. The molecule has 1 aromatic rings. The van der Waals surface area contributed by atoms with Gasteiger partial charge in [0.2, 0.25) is 0 Å². The summed E-state index contributed by atoms with van der Waals surface area (Å²) in [5.74, 6) is -0.407. The first-order chi connectivity index (χ1) is 8.08. The van der Waals surface area contributed by atoms with Gasteiger partial charge in [0.1, 0.15) is 0 Å². The number of ether oxygens (including phenoxy) is 2. The van der Waals surface area contributed by atoms with Gasteiger partial charge in [0, 0.05) is 5.69 Å². The fourth-order valence-corrected chi connectivity index (χ4v) is 1.33. The normalized spacial score (nSPS) is 9.59. The topological polar surface area (TPSA) is 64.6 Å². The molecule has 1 rings (SSSR count). The molecule has 17 heavy (non-hydrogen) atoms. The Labute approximate surface area is 99.7 Å². The summed E-state index contributed by atoms with van der Waals surface area (Å²) in [6.45, 7) is 3.83. The second-order valence-corrected chi connectivity index (χ2v) is 3.37. The monoisotopic (exact) mass is 237 g/mol. The van der Waals surface area contributed by atoms with E-state index in [1.807, 2.05) is 0 Å². The third-order valence-corrected chi connectivity index (χ3v) is 2.16. The van der Waals surface area contributed by atoms with E-state index in [-0.39, 0.29) is 0 Å². The molecule has 92 valence electrons. The number of carbonyl (C=O) groups is 2. The average Bonchev–Trinajstić information content (AvgIpc) is 2.31. The predicted molar refractivity (Wildman–Crippen MR) is 63.2 cm³/mol. The van der Waals surface area contributed by atoms with E-state index in [9.17, 15) is 9.59 Å². The van der Waals surface area contributed by atoms with Crippen molar-refractivity contribution >= 4 is 17.7 Å². The molecule has 0 spiro atoms. The van der Waals surface area contributed by atoms with Crippen molar-refractivity contribution in [2.45, 2.75) is 13.8 Å². The van der Waals surface area contributed by atoms with Crippen LogP contribution < -0.4 is 5.32 Å². The summed E-state index contributed by atoms with van der Waals surface area (Å²) in [5, 5.41) is 2.58. The van der Waals surface area contributed by atoms with Crippen LogP contribution in [-0.2, 0) is 9.47 Å². The van der Waals surface area contributed by atoms with E-state index in [1.165, 1.54) is 7.11 Å². The highest BCUT2D eigenvalue weighted by Gasteiger charge is 2.09. The summed E-state index contributed by atoms with van der Waals surface area (Å²) in [4.78, 5) is 22.5. The lowest BCUT2D eigenvalue weighted by atomic mass is 10.1. The van der Waals surface area contributed by atoms with Crippen LogP contribution in [0.25, 0.3) is 0 Å². The Morgan fingerprint density at radius 3 is 2.59 bits per heavy atom. The molecule has 0 unspecified atom stereocenters. The van der Waals surface area contributed by atoms with Gasteiger partial charge in [-0.25, -0.2) is 9.59 Å². The molecular weight excluding hydrogens is 222 g/mol.